The molecule has 0 aromatic carbocycles. The summed E-state index contributed by atoms with van der Waals surface area (Å²) in [6, 6.07) is 0. The molecule has 0 aliphatic carbocycles. The lowest BCUT2D eigenvalue weighted by Crippen LogP contribution is -2.48. The highest BCUT2D eigenvalue weighted by Gasteiger charge is 2.29. The molecule has 7 heteroatoms. The second-order valence-corrected chi connectivity index (χ2v) is 5.03. The van der Waals surface area contributed by atoms with Crippen molar-refractivity contribution in [2.24, 2.45) is 0 Å². The van der Waals surface area contributed by atoms with Crippen LogP contribution < -0.4 is 0 Å². The first-order chi connectivity index (χ1) is 10.0. The fourth-order valence-corrected chi connectivity index (χ4v) is 2.40. The number of carbonyl (C=O) groups excluding carboxylic acids is 2. The van der Waals surface area contributed by atoms with Gasteiger partial charge >= 0.3 is 5.97 Å². The smallest absolute Gasteiger partial charge is 0.336 e. The van der Waals surface area contributed by atoms with Gasteiger partial charge in [0.2, 0.25) is 5.91 Å². The van der Waals surface area contributed by atoms with E-state index in [-0.39, 0.29) is 12.5 Å². The Balaban J connectivity index is 1.90. The Morgan fingerprint density at radius 3 is 2.81 bits per heavy atom. The van der Waals surface area contributed by atoms with Gasteiger partial charge in [-0.3, -0.25) is 4.79 Å². The largest absolute Gasteiger partial charge is 0.467 e. The molecule has 0 saturated carbocycles. The summed E-state index contributed by atoms with van der Waals surface area (Å²) in [6.07, 6.45) is 0.253. The number of methoxy groups -OCH3 is 1. The standard InChI is InChI=1S/C14H20N2O5/c1-9-11(10(2)21-15-9)4-5-13(17)16-6-7-20-12(8-16)14(18)19-3/h12H,4-8H2,1-3H3. The van der Waals surface area contributed by atoms with Crippen molar-refractivity contribution in [2.75, 3.05) is 26.8 Å². The van der Waals surface area contributed by atoms with Crippen LogP contribution in [-0.2, 0) is 25.5 Å². The van der Waals surface area contributed by atoms with Crippen molar-refractivity contribution in [1.82, 2.24) is 10.1 Å². The molecule has 2 heterocycles. The Kier molecular flexibility index (Phi) is 4.95. The molecule has 0 bridgehead atoms. The van der Waals surface area contributed by atoms with Crippen molar-refractivity contribution in [3.8, 4) is 0 Å². The maximum absolute atomic E-state index is 12.2. The van der Waals surface area contributed by atoms with Crippen LogP contribution in [0.15, 0.2) is 4.52 Å². The number of amides is 1. The normalized spacial score (nSPS) is 18.6. The molecule has 1 aromatic heterocycles. The molecule has 1 unspecified atom stereocenters. The van der Waals surface area contributed by atoms with E-state index in [2.05, 4.69) is 9.89 Å². The lowest BCUT2D eigenvalue weighted by Gasteiger charge is -2.31. The summed E-state index contributed by atoms with van der Waals surface area (Å²) < 4.78 is 15.0. The van der Waals surface area contributed by atoms with E-state index in [4.69, 9.17) is 9.26 Å². The number of hydrogen-bond acceptors (Lipinski definition) is 6. The summed E-state index contributed by atoms with van der Waals surface area (Å²) in [5, 5.41) is 3.87. The van der Waals surface area contributed by atoms with Crippen LogP contribution in [0.4, 0.5) is 0 Å². The van der Waals surface area contributed by atoms with Crippen molar-refractivity contribution in [1.29, 1.82) is 0 Å². The molecule has 1 aliphatic rings. The van der Waals surface area contributed by atoms with E-state index >= 15 is 0 Å². The number of hydrogen-bond donors (Lipinski definition) is 0. The molecule has 116 valence electrons. The molecule has 2 rings (SSSR count). The van der Waals surface area contributed by atoms with E-state index in [0.717, 1.165) is 17.0 Å². The van der Waals surface area contributed by atoms with E-state index in [0.29, 0.717) is 26.0 Å². The quantitative estimate of drug-likeness (QED) is 0.758. The van der Waals surface area contributed by atoms with Gasteiger partial charge < -0.3 is 18.9 Å². The molecular weight excluding hydrogens is 276 g/mol. The van der Waals surface area contributed by atoms with Gasteiger partial charge in [-0.15, -0.1) is 0 Å². The number of rotatable bonds is 4. The van der Waals surface area contributed by atoms with Crippen LogP contribution >= 0.6 is 0 Å². The molecule has 1 fully saturated rings. The van der Waals surface area contributed by atoms with Crippen LogP contribution in [0.3, 0.4) is 0 Å². The van der Waals surface area contributed by atoms with E-state index in [1.54, 1.807) is 4.90 Å². The van der Waals surface area contributed by atoms with Gasteiger partial charge in [0.1, 0.15) is 5.76 Å². The van der Waals surface area contributed by atoms with Gasteiger partial charge in [-0.05, 0) is 20.3 Å². The third-order valence-corrected chi connectivity index (χ3v) is 3.65. The Hall–Kier alpha value is -1.89. The van der Waals surface area contributed by atoms with Crippen LogP contribution in [0, 0.1) is 13.8 Å². The number of nitrogens with zero attached hydrogens (tertiary/aromatic N) is 2. The number of morpholine rings is 1. The zero-order chi connectivity index (χ0) is 15.4. The number of aryl methyl sites for hydroxylation is 2. The fraction of sp³-hybridized carbons (Fsp3) is 0.643. The van der Waals surface area contributed by atoms with Crippen molar-refractivity contribution < 1.29 is 23.6 Å². The minimum absolute atomic E-state index is 0.00722. The summed E-state index contributed by atoms with van der Waals surface area (Å²) in [4.78, 5) is 25.3. The Bertz CT molecular complexity index is 506. The summed E-state index contributed by atoms with van der Waals surface area (Å²) in [7, 11) is 1.31. The SMILES string of the molecule is COC(=O)C1CN(C(=O)CCc2c(C)noc2C)CCO1. The minimum atomic E-state index is -0.688. The number of carbonyl (C=O) groups is 2. The maximum atomic E-state index is 12.2. The fourth-order valence-electron chi connectivity index (χ4n) is 2.40. The Labute approximate surface area is 123 Å². The average molecular weight is 296 g/mol. The lowest BCUT2D eigenvalue weighted by atomic mass is 10.1. The van der Waals surface area contributed by atoms with Gasteiger partial charge in [0, 0.05) is 18.5 Å². The number of esters is 1. The minimum Gasteiger partial charge on any atom is -0.467 e. The van der Waals surface area contributed by atoms with Crippen LogP contribution in [0.1, 0.15) is 23.4 Å². The molecular formula is C14H20N2O5. The predicted octanol–water partition coefficient (Wildman–Crippen LogP) is 0.624. The van der Waals surface area contributed by atoms with Crippen LogP contribution in [0.25, 0.3) is 0 Å². The van der Waals surface area contributed by atoms with Gasteiger partial charge in [0.05, 0.1) is 26.0 Å². The average Bonchev–Trinajstić information content (AvgIpc) is 2.83. The first-order valence-electron chi connectivity index (χ1n) is 6.92. The van der Waals surface area contributed by atoms with E-state index in [1.807, 2.05) is 13.8 Å². The van der Waals surface area contributed by atoms with Gasteiger partial charge in [-0.25, -0.2) is 4.79 Å². The maximum Gasteiger partial charge on any atom is 0.336 e. The highest BCUT2D eigenvalue weighted by atomic mass is 16.6. The van der Waals surface area contributed by atoms with E-state index in [1.165, 1.54) is 7.11 Å². The highest BCUT2D eigenvalue weighted by molar-refractivity contribution is 5.79. The Morgan fingerprint density at radius 1 is 1.43 bits per heavy atom. The molecule has 1 atom stereocenters. The summed E-state index contributed by atoms with van der Waals surface area (Å²) >= 11 is 0. The molecule has 21 heavy (non-hydrogen) atoms. The first-order valence-corrected chi connectivity index (χ1v) is 6.92. The predicted molar refractivity (Wildman–Crippen MR) is 72.6 cm³/mol. The highest BCUT2D eigenvalue weighted by Crippen LogP contribution is 2.16. The second kappa shape index (κ2) is 6.71. The third-order valence-electron chi connectivity index (χ3n) is 3.65. The van der Waals surface area contributed by atoms with Crippen molar-refractivity contribution >= 4 is 11.9 Å². The number of ether oxygens (including phenoxy) is 2. The summed E-state index contributed by atoms with van der Waals surface area (Å²) in [5.74, 6) is 0.292. The third kappa shape index (κ3) is 3.60. The van der Waals surface area contributed by atoms with E-state index in [9.17, 15) is 9.59 Å². The second-order valence-electron chi connectivity index (χ2n) is 5.03. The van der Waals surface area contributed by atoms with Crippen LogP contribution in [-0.4, -0.2) is 54.8 Å². The molecule has 1 aliphatic heterocycles. The van der Waals surface area contributed by atoms with Crippen molar-refractivity contribution in [3.05, 3.63) is 17.0 Å². The molecule has 7 nitrogen and oxygen atoms in total. The summed E-state index contributed by atoms with van der Waals surface area (Å²) in [5.41, 5.74) is 1.79. The molecule has 1 amide bonds. The molecule has 0 spiro atoms. The zero-order valence-electron chi connectivity index (χ0n) is 12.5. The van der Waals surface area contributed by atoms with Gasteiger partial charge in [-0.2, -0.15) is 0 Å². The molecule has 1 saturated heterocycles. The monoisotopic (exact) mass is 296 g/mol. The molecule has 0 radical (unpaired) electrons. The van der Waals surface area contributed by atoms with Crippen LogP contribution in [0.2, 0.25) is 0 Å². The van der Waals surface area contributed by atoms with Crippen molar-refractivity contribution in [2.45, 2.75) is 32.8 Å². The van der Waals surface area contributed by atoms with Gasteiger partial charge in [0.15, 0.2) is 6.10 Å². The van der Waals surface area contributed by atoms with Crippen LogP contribution in [0.5, 0.6) is 0 Å². The lowest BCUT2D eigenvalue weighted by molar-refractivity contribution is -0.162. The zero-order valence-corrected chi connectivity index (χ0v) is 12.5. The molecule has 1 aromatic rings. The van der Waals surface area contributed by atoms with Gasteiger partial charge in [0.25, 0.3) is 0 Å². The topological polar surface area (TPSA) is 81.9 Å². The van der Waals surface area contributed by atoms with Gasteiger partial charge in [-0.1, -0.05) is 5.16 Å². The Morgan fingerprint density at radius 2 is 2.19 bits per heavy atom. The first kappa shape index (κ1) is 15.5. The number of aromatic nitrogens is 1. The summed E-state index contributed by atoms with van der Waals surface area (Å²) in [6.45, 7) is 4.78. The van der Waals surface area contributed by atoms with E-state index < -0.39 is 12.1 Å². The molecule has 0 N–H and O–H groups in total. The van der Waals surface area contributed by atoms with Crippen molar-refractivity contribution in [3.63, 3.8) is 0 Å².